The Morgan fingerprint density at radius 2 is 1.84 bits per heavy atom. The number of cyclic esters (lactones) is 1. The van der Waals surface area contributed by atoms with Crippen LogP contribution in [0, 0.1) is 52.8 Å². The number of Topliss-reactive ketones (excluding diaryl/α,β-unsaturated/α-hetero) is 1. The minimum atomic E-state index is -0.543. The highest BCUT2D eigenvalue weighted by Gasteiger charge is 2.75. The van der Waals surface area contributed by atoms with Gasteiger partial charge in [0.25, 0.3) is 0 Å². The number of carbonyl (C=O) groups excluding carboxylic acids is 2. The third-order valence-corrected chi connectivity index (χ3v) is 11.6. The molecule has 0 aromatic heterocycles. The molecule has 1 N–H and O–H groups in total. The van der Waals surface area contributed by atoms with Crippen LogP contribution in [0.3, 0.4) is 0 Å². The van der Waals surface area contributed by atoms with Gasteiger partial charge in [-0.15, -0.1) is 0 Å². The van der Waals surface area contributed by atoms with Gasteiger partial charge in [0.15, 0.2) is 0 Å². The number of epoxide rings is 1. The molecule has 5 heteroatoms. The summed E-state index contributed by atoms with van der Waals surface area (Å²) in [5.41, 5.74) is -0.302. The summed E-state index contributed by atoms with van der Waals surface area (Å²) in [6.45, 7) is 9.00. The van der Waals surface area contributed by atoms with E-state index in [1.807, 2.05) is 6.92 Å². The Balaban J connectivity index is 1.24. The number of ketones is 1. The van der Waals surface area contributed by atoms with Crippen molar-refractivity contribution in [1.82, 2.24) is 0 Å². The van der Waals surface area contributed by atoms with Crippen LogP contribution in [0.2, 0.25) is 0 Å². The fourth-order valence-corrected chi connectivity index (χ4v) is 9.61. The monoisotopic (exact) mass is 444 g/mol. The van der Waals surface area contributed by atoms with Gasteiger partial charge < -0.3 is 14.6 Å². The number of aliphatic hydroxyl groups is 1. The molecule has 6 rings (SSSR count). The molecule has 0 radical (unpaired) electrons. The maximum Gasteiger partial charge on any atom is 0.309 e. The van der Waals surface area contributed by atoms with Crippen molar-refractivity contribution in [3.05, 3.63) is 0 Å². The second-order valence-electron chi connectivity index (χ2n) is 12.7. The van der Waals surface area contributed by atoms with Gasteiger partial charge >= 0.3 is 5.97 Å². The number of ether oxygens (including phenoxy) is 2. The smallest absolute Gasteiger partial charge is 0.309 e. The highest BCUT2D eigenvalue weighted by atomic mass is 16.6. The Morgan fingerprint density at radius 3 is 2.59 bits per heavy atom. The lowest BCUT2D eigenvalue weighted by atomic mass is 9.48. The van der Waals surface area contributed by atoms with Crippen molar-refractivity contribution in [2.45, 2.75) is 103 Å². The SMILES string of the molecule is C[C@@H]([C@H]1CC[C@H]2[C@@H]3C[C@H]4O[C@@]45C(C(=O)CC[C@@H]5O)[C@H]3CC[C@]12C)[C@H]1C[C@H](C)[C@@H](C)C(=O)O1. The standard InChI is InChI=1S/C27H40O5/c1-13-11-21(31-25(30)14(13)2)15(3)18-5-6-19-17-12-23-27(32-23)22(29)8-7-20(28)24(27)16(17)9-10-26(18,19)4/h13-19,21-24,29H,5-12H2,1-4H3/t13-,14+,15-,16-,17+,18+,19-,21+,22-,23+,24?,26+,27+/m0/s1. The third kappa shape index (κ3) is 2.70. The summed E-state index contributed by atoms with van der Waals surface area (Å²) >= 11 is 0. The maximum atomic E-state index is 13.1. The Bertz CT molecular complexity index is 825. The van der Waals surface area contributed by atoms with Gasteiger partial charge in [-0.3, -0.25) is 9.59 Å². The summed E-state index contributed by atoms with van der Waals surface area (Å²) in [7, 11) is 0. The van der Waals surface area contributed by atoms with E-state index in [-0.39, 0.29) is 35.4 Å². The molecule has 13 atom stereocenters. The zero-order valence-electron chi connectivity index (χ0n) is 20.1. The van der Waals surface area contributed by atoms with E-state index in [4.69, 9.17) is 9.47 Å². The first-order valence-electron chi connectivity index (χ1n) is 13.3. The molecule has 4 saturated carbocycles. The molecule has 0 aromatic rings. The molecule has 2 aliphatic heterocycles. The van der Waals surface area contributed by atoms with Gasteiger partial charge in [0, 0.05) is 6.42 Å². The summed E-state index contributed by atoms with van der Waals surface area (Å²) in [5, 5.41) is 10.8. The average molecular weight is 445 g/mol. The molecule has 5 nitrogen and oxygen atoms in total. The average Bonchev–Trinajstić information content (AvgIpc) is 3.38. The number of aliphatic hydroxyl groups excluding tert-OH is 1. The van der Waals surface area contributed by atoms with E-state index in [2.05, 4.69) is 20.8 Å². The van der Waals surface area contributed by atoms with Crippen molar-refractivity contribution in [2.75, 3.05) is 0 Å². The molecule has 32 heavy (non-hydrogen) atoms. The summed E-state index contributed by atoms with van der Waals surface area (Å²) in [5.74, 6) is 3.07. The van der Waals surface area contributed by atoms with Crippen LogP contribution in [0.5, 0.6) is 0 Å². The van der Waals surface area contributed by atoms with Crippen LogP contribution in [-0.4, -0.2) is 40.8 Å². The minimum absolute atomic E-state index is 0.00484. The molecule has 2 heterocycles. The second-order valence-corrected chi connectivity index (χ2v) is 12.7. The van der Waals surface area contributed by atoms with E-state index in [0.717, 1.165) is 25.7 Å². The van der Waals surface area contributed by atoms with Crippen molar-refractivity contribution >= 4 is 11.8 Å². The molecule has 1 spiro atoms. The third-order valence-electron chi connectivity index (χ3n) is 11.6. The first-order chi connectivity index (χ1) is 15.2. The van der Waals surface area contributed by atoms with E-state index in [1.165, 1.54) is 12.8 Å². The number of hydrogen-bond donors (Lipinski definition) is 1. The van der Waals surface area contributed by atoms with Crippen molar-refractivity contribution in [3.63, 3.8) is 0 Å². The predicted octanol–water partition coefficient (Wildman–Crippen LogP) is 4.15. The van der Waals surface area contributed by atoms with Crippen molar-refractivity contribution < 1.29 is 24.2 Å². The highest BCUT2D eigenvalue weighted by Crippen LogP contribution is 2.69. The van der Waals surface area contributed by atoms with E-state index in [1.54, 1.807) is 0 Å². The summed E-state index contributed by atoms with van der Waals surface area (Å²) < 4.78 is 12.2. The van der Waals surface area contributed by atoms with Crippen molar-refractivity contribution in [2.24, 2.45) is 52.8 Å². The van der Waals surface area contributed by atoms with Gasteiger partial charge in [-0.05, 0) is 85.9 Å². The molecule has 4 aliphatic carbocycles. The van der Waals surface area contributed by atoms with Crippen LogP contribution in [-0.2, 0) is 19.1 Å². The maximum absolute atomic E-state index is 13.1. The van der Waals surface area contributed by atoms with Gasteiger partial charge in [0.1, 0.15) is 17.5 Å². The Morgan fingerprint density at radius 1 is 1.06 bits per heavy atom. The molecule has 6 aliphatic rings. The predicted molar refractivity (Wildman–Crippen MR) is 118 cm³/mol. The minimum Gasteiger partial charge on any atom is -0.462 e. The number of carbonyl (C=O) groups is 2. The summed E-state index contributed by atoms with van der Waals surface area (Å²) in [6.07, 6.45) is 7.33. The first-order valence-corrected chi connectivity index (χ1v) is 13.3. The van der Waals surface area contributed by atoms with Gasteiger partial charge in [-0.2, -0.15) is 0 Å². The zero-order valence-corrected chi connectivity index (χ0v) is 20.1. The lowest BCUT2D eigenvalue weighted by Gasteiger charge is -2.55. The van der Waals surface area contributed by atoms with Crippen LogP contribution < -0.4 is 0 Å². The first kappa shape index (κ1) is 21.6. The van der Waals surface area contributed by atoms with Gasteiger partial charge in [0.05, 0.1) is 24.0 Å². The van der Waals surface area contributed by atoms with Crippen LogP contribution in [0.25, 0.3) is 0 Å². The highest BCUT2D eigenvalue weighted by molar-refractivity contribution is 5.85. The fraction of sp³-hybridized carbons (Fsp3) is 0.926. The lowest BCUT2D eigenvalue weighted by molar-refractivity contribution is -0.170. The summed E-state index contributed by atoms with van der Waals surface area (Å²) in [6, 6.07) is 0. The number of rotatable bonds is 2. The number of esters is 1. The summed E-state index contributed by atoms with van der Waals surface area (Å²) in [4.78, 5) is 25.5. The Hall–Kier alpha value is -0.940. The van der Waals surface area contributed by atoms with Crippen LogP contribution in [0.4, 0.5) is 0 Å². The molecule has 0 bridgehead atoms. The topological polar surface area (TPSA) is 76.1 Å². The van der Waals surface area contributed by atoms with Crippen LogP contribution >= 0.6 is 0 Å². The quantitative estimate of drug-likeness (QED) is 0.511. The van der Waals surface area contributed by atoms with E-state index < -0.39 is 11.7 Å². The number of fused-ring (bicyclic) bond motifs is 4. The lowest BCUT2D eigenvalue weighted by Crippen LogP contribution is -2.58. The Kier molecular flexibility index (Phi) is 4.75. The van der Waals surface area contributed by atoms with E-state index >= 15 is 0 Å². The molecule has 0 amide bonds. The molecule has 2 saturated heterocycles. The molecule has 6 fully saturated rings. The van der Waals surface area contributed by atoms with E-state index in [0.29, 0.717) is 54.1 Å². The van der Waals surface area contributed by atoms with Gasteiger partial charge in [-0.1, -0.05) is 27.7 Å². The van der Waals surface area contributed by atoms with Gasteiger partial charge in [0.2, 0.25) is 0 Å². The largest absolute Gasteiger partial charge is 0.462 e. The second kappa shape index (κ2) is 7.04. The van der Waals surface area contributed by atoms with Crippen LogP contribution in [0.15, 0.2) is 0 Å². The Labute approximate surface area is 192 Å². The van der Waals surface area contributed by atoms with Crippen molar-refractivity contribution in [1.29, 1.82) is 0 Å². The van der Waals surface area contributed by atoms with Crippen LogP contribution in [0.1, 0.15) is 79.1 Å². The molecular weight excluding hydrogens is 404 g/mol. The molecule has 1 unspecified atom stereocenters. The van der Waals surface area contributed by atoms with Crippen molar-refractivity contribution in [3.8, 4) is 0 Å². The molecule has 0 aromatic carbocycles. The molecule has 178 valence electrons. The zero-order chi connectivity index (χ0) is 22.6. The van der Waals surface area contributed by atoms with Gasteiger partial charge in [-0.25, -0.2) is 0 Å². The normalized spacial score (nSPS) is 57.5. The number of hydrogen-bond acceptors (Lipinski definition) is 5. The van der Waals surface area contributed by atoms with E-state index in [9.17, 15) is 14.7 Å². The molecular formula is C27H40O5. The fourth-order valence-electron chi connectivity index (χ4n) is 9.61.